The van der Waals surface area contributed by atoms with Crippen molar-refractivity contribution in [3.63, 3.8) is 0 Å². The van der Waals surface area contributed by atoms with E-state index in [2.05, 4.69) is 55.6 Å². The molecule has 0 aliphatic carbocycles. The smallest absolute Gasteiger partial charge is 0.312 e. The first-order chi connectivity index (χ1) is 69.7. The van der Waals surface area contributed by atoms with Crippen molar-refractivity contribution in [3.8, 4) is 0 Å². The zero-order valence-electron chi connectivity index (χ0n) is 87.8. The maximum Gasteiger partial charge on any atom is 0.312 e. The molecule has 10 aromatic carbocycles. The minimum Gasteiger partial charge on any atom is -0.481 e. The number of aliphatic hydroxyl groups is 2. The van der Waals surface area contributed by atoms with Crippen LogP contribution in [-0.4, -0.2) is 223 Å². The molecule has 10 aromatic rings. The van der Waals surface area contributed by atoms with Gasteiger partial charge in [0.25, 0.3) is 0 Å². The molecule has 30 heteroatoms. The molecule has 2 amide bonds. The van der Waals surface area contributed by atoms with Crippen molar-refractivity contribution in [2.45, 2.75) is 159 Å². The Morgan fingerprint density at radius 2 is 0.669 bits per heavy atom. The molecule has 794 valence electrons. The average Bonchev–Trinajstić information content (AvgIpc) is 0.869. The van der Waals surface area contributed by atoms with Crippen LogP contribution in [0, 0.1) is 11.8 Å². The van der Waals surface area contributed by atoms with Gasteiger partial charge in [0.15, 0.2) is 0 Å². The number of esters is 4. The molecule has 145 heavy (non-hydrogen) atoms. The number of aliphatic hydroxyl groups excluding tert-OH is 2. The van der Waals surface area contributed by atoms with Crippen molar-refractivity contribution in [2.24, 2.45) is 11.8 Å². The molecule has 0 heterocycles. The standard InChI is InChI=1S/2C14H18O5.2C12H18O3.C11H14BrNO.C11H14O3.C11H16O2.C10H13NO.C10H14O2.C10H12O2/c1-10(14(16)17)8-13(15)19-9-12(18-2)11-6-4-3-5-7-11;1-10(8-13(15)16)14(17)19-9-12(18-2)11-6-4-3-5-7-11;1-10(13)8-15-9-12(14-2)11-6-4-3-5-7-11;1-10(8-13)15-9-12(14-2)11-6-4-3-5-7-11;1-8(10(12)11(14)13-2)9-6-4-3-5-7-9;1-9(12)14-8-11(13-2)10-6-4-3-5-7-10;1-9(13-3)11-6-4-10(5-7-11)8-12-2;1-8(10(12)11-2)9-6-4-3-5-7-9;1-11-8-10(12-2)9-6-4-3-5-7-9;1-8(10(11)12-2)9-6-4-3-5-7-9/h3-7,10,12H,8-9H2,1-2H3,(H,16,17);3-7,10,12H,8-9H2,1-2H3,(H,15,16);2*3-7,10,12-13H,8-9H2,1-2H3;3-8,10H,1-2H3,(H,13,14);3-7,11H,8H2,1-2H3;4-7,9H,8H2,1-3H3;3-8H,1-2H3,(H,11,12);3-7,10H,8H2,1-2H3;3-8H,1-2H3. The van der Waals surface area contributed by atoms with Crippen LogP contribution in [-0.2, 0) is 116 Å². The van der Waals surface area contributed by atoms with Gasteiger partial charge in [-0.1, -0.05) is 334 Å². The van der Waals surface area contributed by atoms with Crippen molar-refractivity contribution >= 4 is 63.6 Å². The topological polar surface area (TPSA) is 380 Å². The van der Waals surface area contributed by atoms with Crippen molar-refractivity contribution in [3.05, 3.63) is 358 Å². The van der Waals surface area contributed by atoms with Gasteiger partial charge in [-0.15, -0.1) is 0 Å². The van der Waals surface area contributed by atoms with Gasteiger partial charge in [0.2, 0.25) is 11.8 Å². The lowest BCUT2D eigenvalue weighted by molar-refractivity contribution is -0.155. The monoisotopic (exact) mass is 2080 g/mol. The maximum absolute atomic E-state index is 11.6. The first-order valence-corrected chi connectivity index (χ1v) is 48.3. The van der Waals surface area contributed by atoms with Gasteiger partial charge < -0.3 is 102 Å². The molecule has 10 rings (SSSR count). The van der Waals surface area contributed by atoms with Gasteiger partial charge in [-0.05, 0) is 95.8 Å². The third-order valence-corrected chi connectivity index (χ3v) is 22.8. The highest BCUT2D eigenvalue weighted by atomic mass is 79.9. The zero-order chi connectivity index (χ0) is 108. The summed E-state index contributed by atoms with van der Waals surface area (Å²) < 4.78 is 77.2. The normalized spacial score (nSPS) is 13.4. The fourth-order valence-corrected chi connectivity index (χ4v) is 13.2. The van der Waals surface area contributed by atoms with E-state index in [1.165, 1.54) is 53.2 Å². The zero-order valence-corrected chi connectivity index (χ0v) is 89.4. The summed E-state index contributed by atoms with van der Waals surface area (Å²) in [4.78, 5) is 88.3. The number of rotatable bonds is 45. The second-order valence-corrected chi connectivity index (χ2v) is 33.7. The Labute approximate surface area is 866 Å². The molecule has 0 aliphatic rings. The molecule has 0 aliphatic heterocycles. The average molecular weight is 2080 g/mol. The Kier molecular flexibility index (Phi) is 73.3. The molecule has 6 N–H and O–H groups in total. The van der Waals surface area contributed by atoms with Gasteiger partial charge in [-0.2, -0.15) is 0 Å². The van der Waals surface area contributed by atoms with E-state index in [1.807, 2.05) is 308 Å². The molecule has 0 radical (unpaired) electrons. The molecule has 0 spiro atoms. The van der Waals surface area contributed by atoms with Crippen molar-refractivity contribution in [2.75, 3.05) is 138 Å². The highest BCUT2D eigenvalue weighted by Crippen LogP contribution is 2.27. The number of halogens is 1. The van der Waals surface area contributed by atoms with Crippen molar-refractivity contribution < 1.29 is 130 Å². The molecule has 15 atom stereocenters. The largest absolute Gasteiger partial charge is 0.481 e. The lowest BCUT2D eigenvalue weighted by Gasteiger charge is -2.18. The number of hydrogen-bond acceptors (Lipinski definition) is 25. The highest BCUT2D eigenvalue weighted by molar-refractivity contribution is 9.10. The number of benzene rings is 10. The highest BCUT2D eigenvalue weighted by Gasteiger charge is 2.25. The van der Waals surface area contributed by atoms with E-state index in [0.29, 0.717) is 33.0 Å². The van der Waals surface area contributed by atoms with E-state index in [-0.39, 0.29) is 134 Å². The number of ether oxygens (including phenoxy) is 15. The molecule has 29 nitrogen and oxygen atoms in total. The summed E-state index contributed by atoms with van der Waals surface area (Å²) in [5.74, 6) is -4.96. The molecule has 0 saturated heterocycles. The van der Waals surface area contributed by atoms with Crippen molar-refractivity contribution in [1.82, 2.24) is 10.6 Å². The minimum absolute atomic E-state index is 0.0151. The number of alkyl halides is 1. The first kappa shape index (κ1) is 131. The summed E-state index contributed by atoms with van der Waals surface area (Å²) in [6.45, 7) is 18.7. The summed E-state index contributed by atoms with van der Waals surface area (Å²) in [5, 5.41) is 40.4. The lowest BCUT2D eigenvalue weighted by atomic mass is 9.97. The van der Waals surface area contributed by atoms with Crippen LogP contribution in [0.4, 0.5) is 0 Å². The van der Waals surface area contributed by atoms with Crippen LogP contribution in [0.2, 0.25) is 0 Å². The number of amides is 2. The van der Waals surface area contributed by atoms with Gasteiger partial charge in [0, 0.05) is 90.9 Å². The Balaban J connectivity index is 0.000000809. The Morgan fingerprint density at radius 3 is 0.979 bits per heavy atom. The van der Waals surface area contributed by atoms with E-state index in [9.17, 15) is 38.4 Å². The molecular weight excluding hydrogens is 1920 g/mol. The molecule has 0 saturated carbocycles. The number of methoxy groups -OCH3 is 10. The SMILES string of the molecule is CNC(=O)C(Br)C(C)c1ccccc1.CNC(=O)C(C)c1ccccc1.COC(=O)C(C)c1ccccc1.COC(COC(=O)C(C)CC(=O)O)c1ccccc1.COC(COC(=O)CC(C)C(=O)O)c1ccccc1.COC(COC(C)=O)c1ccccc1.COC(COC(C)CO)c1ccccc1.COC(COCC(C)O)c1ccccc1.COCC(OC)c1ccccc1.COCc1ccc(C(C)OC)cc1. The third kappa shape index (κ3) is 58.0. The van der Waals surface area contributed by atoms with E-state index >= 15 is 0 Å². The number of carboxylic acids is 2. The molecule has 15 unspecified atom stereocenters. The number of aliphatic carboxylic acids is 2. The number of nitrogens with one attached hydrogen (secondary N) is 2. The molecule has 0 fully saturated rings. The van der Waals surface area contributed by atoms with Gasteiger partial charge in [-0.25, -0.2) is 0 Å². The third-order valence-electron chi connectivity index (χ3n) is 21.6. The molecule has 0 aromatic heterocycles. The fraction of sp³-hybridized carbons (Fsp3) is 0.409. The number of hydrogen-bond donors (Lipinski definition) is 6. The lowest BCUT2D eigenvalue weighted by Crippen LogP contribution is -2.31. The van der Waals surface area contributed by atoms with Crippen LogP contribution < -0.4 is 10.6 Å². The summed E-state index contributed by atoms with van der Waals surface area (Å²) in [7, 11) is 19.5. The van der Waals surface area contributed by atoms with E-state index in [0.717, 1.165) is 50.1 Å². The Hall–Kier alpha value is -12.1. The summed E-state index contributed by atoms with van der Waals surface area (Å²) in [6, 6.07) is 95.9. The van der Waals surface area contributed by atoms with Crippen LogP contribution in [0.3, 0.4) is 0 Å². The van der Waals surface area contributed by atoms with Gasteiger partial charge in [-0.3, -0.25) is 38.4 Å². The number of carboxylic acid groups (broad SMARTS) is 2. The van der Waals surface area contributed by atoms with Crippen LogP contribution in [0.15, 0.2) is 297 Å². The second kappa shape index (κ2) is 81.2. The summed E-state index contributed by atoms with van der Waals surface area (Å²) in [5.41, 5.74) is 11.7. The fourth-order valence-electron chi connectivity index (χ4n) is 12.7. The predicted octanol–water partition coefficient (Wildman–Crippen LogP) is 19.9. The summed E-state index contributed by atoms with van der Waals surface area (Å²) >= 11 is 3.39. The van der Waals surface area contributed by atoms with Crippen LogP contribution in [0.1, 0.15) is 197 Å². The van der Waals surface area contributed by atoms with E-state index in [1.54, 1.807) is 70.8 Å². The van der Waals surface area contributed by atoms with Gasteiger partial charge in [0.05, 0.1) is 106 Å². The minimum atomic E-state index is -1.02. The number of likely N-dealkylation sites (N-methyl/N-ethyl adjacent to an activating group) is 1. The molecular formula is C115H155BrN2O27. The second-order valence-electron chi connectivity index (χ2n) is 32.7. The van der Waals surface area contributed by atoms with Crippen LogP contribution >= 0.6 is 15.9 Å². The Morgan fingerprint density at radius 1 is 0.338 bits per heavy atom. The predicted molar refractivity (Wildman–Crippen MR) is 565 cm³/mol. The Bertz CT molecular complexity index is 4900. The number of carbonyl (C=O) groups is 8. The van der Waals surface area contributed by atoms with Gasteiger partial charge >= 0.3 is 35.8 Å². The van der Waals surface area contributed by atoms with E-state index in [4.69, 9.17) is 86.7 Å². The maximum atomic E-state index is 11.6. The number of carbonyl (C=O) groups excluding carboxylic acids is 6. The van der Waals surface area contributed by atoms with Gasteiger partial charge in [0.1, 0.15) is 56.4 Å². The van der Waals surface area contributed by atoms with Crippen LogP contribution in [0.25, 0.3) is 0 Å². The van der Waals surface area contributed by atoms with Crippen molar-refractivity contribution in [1.29, 1.82) is 0 Å². The van der Waals surface area contributed by atoms with Crippen LogP contribution in [0.5, 0.6) is 0 Å². The summed E-state index contributed by atoms with van der Waals surface area (Å²) in [6.07, 6.45) is -1.74. The quantitative estimate of drug-likeness (QED) is 0.0117. The molecule has 0 bridgehead atoms. The first-order valence-electron chi connectivity index (χ1n) is 47.4. The van der Waals surface area contributed by atoms with E-state index < -0.39 is 41.8 Å².